The average molecular weight is 247 g/mol. The molecule has 0 bridgehead atoms. The maximum absolute atomic E-state index is 13.3. The van der Waals surface area contributed by atoms with Gasteiger partial charge < -0.3 is 4.74 Å². The lowest BCUT2D eigenvalue weighted by atomic mass is 10.3. The topological polar surface area (TPSA) is 55.4 Å². The molecule has 16 heavy (non-hydrogen) atoms. The first kappa shape index (κ1) is 13.1. The van der Waals surface area contributed by atoms with Crippen molar-refractivity contribution in [3.63, 3.8) is 0 Å². The van der Waals surface area contributed by atoms with E-state index in [0.717, 1.165) is 6.07 Å². The predicted molar refractivity (Wildman–Crippen MR) is 58.1 cm³/mol. The summed E-state index contributed by atoms with van der Waals surface area (Å²) >= 11 is 0. The maximum atomic E-state index is 13.3. The summed E-state index contributed by atoms with van der Waals surface area (Å²) in [6, 6.07) is 4.83. The summed E-state index contributed by atoms with van der Waals surface area (Å²) in [5.41, 5.74) is 0. The highest BCUT2D eigenvalue weighted by atomic mass is 32.2. The van der Waals surface area contributed by atoms with E-state index in [1.807, 2.05) is 0 Å². The molecule has 1 N–H and O–H groups in total. The average Bonchev–Trinajstić information content (AvgIpc) is 2.17. The summed E-state index contributed by atoms with van der Waals surface area (Å²) < 4.78 is 43.9. The van der Waals surface area contributed by atoms with Gasteiger partial charge in [0.25, 0.3) is 0 Å². The molecule has 0 aliphatic carbocycles. The molecule has 0 amide bonds. The van der Waals surface area contributed by atoms with Gasteiger partial charge in [0.2, 0.25) is 10.0 Å². The lowest BCUT2D eigenvalue weighted by Crippen LogP contribution is -2.35. The molecule has 0 aromatic heterocycles. The standard InChI is InChI=1S/C10H14FNO3S/c1-8(7-15-2)12-16(13,14)10-6-4-3-5-9(10)11/h3-6,8,12H,7H2,1-2H3. The lowest BCUT2D eigenvalue weighted by Gasteiger charge is -2.13. The van der Waals surface area contributed by atoms with Crippen LogP contribution in [0.25, 0.3) is 0 Å². The fourth-order valence-electron chi connectivity index (χ4n) is 1.28. The molecule has 0 saturated heterocycles. The van der Waals surface area contributed by atoms with Crippen molar-refractivity contribution in [1.82, 2.24) is 4.72 Å². The largest absolute Gasteiger partial charge is 0.383 e. The van der Waals surface area contributed by atoms with Gasteiger partial charge in [-0.25, -0.2) is 17.5 Å². The molecule has 1 rings (SSSR count). The van der Waals surface area contributed by atoms with Crippen molar-refractivity contribution in [2.75, 3.05) is 13.7 Å². The molecule has 1 atom stereocenters. The number of nitrogens with one attached hydrogen (secondary N) is 1. The highest BCUT2D eigenvalue weighted by Gasteiger charge is 2.20. The second kappa shape index (κ2) is 5.38. The highest BCUT2D eigenvalue weighted by Crippen LogP contribution is 2.13. The fourth-order valence-corrected chi connectivity index (χ4v) is 2.58. The first-order valence-electron chi connectivity index (χ1n) is 4.73. The normalized spacial score (nSPS) is 13.7. The van der Waals surface area contributed by atoms with Gasteiger partial charge in [0.15, 0.2) is 0 Å². The Balaban J connectivity index is 2.91. The first-order chi connectivity index (χ1) is 7.47. The number of ether oxygens (including phenoxy) is 1. The van der Waals surface area contributed by atoms with Crippen molar-refractivity contribution < 1.29 is 17.5 Å². The van der Waals surface area contributed by atoms with E-state index in [-0.39, 0.29) is 11.5 Å². The van der Waals surface area contributed by atoms with Gasteiger partial charge >= 0.3 is 0 Å². The van der Waals surface area contributed by atoms with Crippen LogP contribution in [0.3, 0.4) is 0 Å². The van der Waals surface area contributed by atoms with Crippen molar-refractivity contribution in [2.45, 2.75) is 17.9 Å². The van der Waals surface area contributed by atoms with Crippen LogP contribution in [-0.4, -0.2) is 28.2 Å². The molecule has 1 aromatic carbocycles. The van der Waals surface area contributed by atoms with Crippen LogP contribution >= 0.6 is 0 Å². The Morgan fingerprint density at radius 1 is 1.44 bits per heavy atom. The zero-order valence-corrected chi connectivity index (χ0v) is 9.92. The van der Waals surface area contributed by atoms with E-state index in [1.54, 1.807) is 6.92 Å². The minimum atomic E-state index is -3.82. The van der Waals surface area contributed by atoms with Gasteiger partial charge in [0.1, 0.15) is 10.7 Å². The molecule has 1 unspecified atom stereocenters. The molecule has 0 saturated carbocycles. The zero-order valence-electron chi connectivity index (χ0n) is 9.10. The second-order valence-electron chi connectivity index (χ2n) is 3.41. The minimum Gasteiger partial charge on any atom is -0.383 e. The smallest absolute Gasteiger partial charge is 0.243 e. The molecule has 0 radical (unpaired) electrons. The number of halogens is 1. The van der Waals surface area contributed by atoms with Gasteiger partial charge in [-0.15, -0.1) is 0 Å². The second-order valence-corrected chi connectivity index (χ2v) is 5.09. The van der Waals surface area contributed by atoms with Crippen molar-refractivity contribution in [1.29, 1.82) is 0 Å². The predicted octanol–water partition coefficient (Wildman–Crippen LogP) is 1.14. The Kier molecular flexibility index (Phi) is 4.40. The Labute approximate surface area is 94.5 Å². The zero-order chi connectivity index (χ0) is 12.2. The van der Waals surface area contributed by atoms with E-state index >= 15 is 0 Å². The van der Waals surface area contributed by atoms with Crippen LogP contribution < -0.4 is 4.72 Å². The molecular weight excluding hydrogens is 233 g/mol. The van der Waals surface area contributed by atoms with Crippen molar-refractivity contribution in [3.05, 3.63) is 30.1 Å². The molecule has 4 nitrogen and oxygen atoms in total. The van der Waals surface area contributed by atoms with Gasteiger partial charge in [-0.05, 0) is 19.1 Å². The Morgan fingerprint density at radius 3 is 2.62 bits per heavy atom. The quantitative estimate of drug-likeness (QED) is 0.849. The summed E-state index contributed by atoms with van der Waals surface area (Å²) in [6.07, 6.45) is 0. The summed E-state index contributed by atoms with van der Waals surface area (Å²) in [4.78, 5) is -0.349. The summed E-state index contributed by atoms with van der Waals surface area (Å²) in [6.45, 7) is 1.87. The van der Waals surface area contributed by atoms with Crippen LogP contribution in [0.4, 0.5) is 4.39 Å². The van der Waals surface area contributed by atoms with Crippen LogP contribution in [0.15, 0.2) is 29.2 Å². The number of hydrogen-bond donors (Lipinski definition) is 1. The Morgan fingerprint density at radius 2 is 2.06 bits per heavy atom. The number of methoxy groups -OCH3 is 1. The van der Waals surface area contributed by atoms with Crippen LogP contribution in [0.1, 0.15) is 6.92 Å². The van der Waals surface area contributed by atoms with Crippen molar-refractivity contribution in [2.24, 2.45) is 0 Å². The molecule has 0 fully saturated rings. The molecule has 1 aromatic rings. The van der Waals surface area contributed by atoms with Gasteiger partial charge in [-0.3, -0.25) is 0 Å². The summed E-state index contributed by atoms with van der Waals surface area (Å²) in [5.74, 6) is -0.764. The number of benzene rings is 1. The molecule has 0 spiro atoms. The van der Waals surface area contributed by atoms with E-state index in [9.17, 15) is 12.8 Å². The fraction of sp³-hybridized carbons (Fsp3) is 0.400. The molecule has 90 valence electrons. The number of hydrogen-bond acceptors (Lipinski definition) is 3. The molecular formula is C10H14FNO3S. The van der Waals surface area contributed by atoms with E-state index in [0.29, 0.717) is 0 Å². The van der Waals surface area contributed by atoms with Gasteiger partial charge in [-0.2, -0.15) is 0 Å². The highest BCUT2D eigenvalue weighted by molar-refractivity contribution is 7.89. The molecule has 6 heteroatoms. The van der Waals surface area contributed by atoms with Gasteiger partial charge in [0.05, 0.1) is 6.61 Å². The summed E-state index contributed by atoms with van der Waals surface area (Å²) in [7, 11) is -2.35. The SMILES string of the molecule is COCC(C)NS(=O)(=O)c1ccccc1F. The summed E-state index contributed by atoms with van der Waals surface area (Å²) in [5, 5.41) is 0. The molecule has 0 aliphatic rings. The van der Waals surface area contributed by atoms with Crippen LogP contribution in [0, 0.1) is 5.82 Å². The van der Waals surface area contributed by atoms with Crippen molar-refractivity contribution in [3.8, 4) is 0 Å². The first-order valence-corrected chi connectivity index (χ1v) is 6.21. The van der Waals surface area contributed by atoms with Gasteiger partial charge in [-0.1, -0.05) is 12.1 Å². The van der Waals surface area contributed by atoms with E-state index in [1.165, 1.54) is 25.3 Å². The number of sulfonamides is 1. The van der Waals surface area contributed by atoms with Crippen LogP contribution in [-0.2, 0) is 14.8 Å². The molecule has 0 aliphatic heterocycles. The lowest BCUT2D eigenvalue weighted by molar-refractivity contribution is 0.180. The Hall–Kier alpha value is -0.980. The maximum Gasteiger partial charge on any atom is 0.243 e. The minimum absolute atomic E-state index is 0.230. The third kappa shape index (κ3) is 3.26. The van der Waals surface area contributed by atoms with E-state index < -0.39 is 21.9 Å². The monoisotopic (exact) mass is 247 g/mol. The molecule has 0 heterocycles. The van der Waals surface area contributed by atoms with E-state index in [4.69, 9.17) is 4.74 Å². The van der Waals surface area contributed by atoms with Crippen LogP contribution in [0.2, 0.25) is 0 Å². The van der Waals surface area contributed by atoms with E-state index in [2.05, 4.69) is 4.72 Å². The van der Waals surface area contributed by atoms with Gasteiger partial charge in [0, 0.05) is 13.2 Å². The third-order valence-corrected chi connectivity index (χ3v) is 3.52. The number of rotatable bonds is 5. The van der Waals surface area contributed by atoms with Crippen molar-refractivity contribution >= 4 is 10.0 Å². The third-order valence-electron chi connectivity index (χ3n) is 1.90. The Bertz CT molecular complexity index is 447. The van der Waals surface area contributed by atoms with Crippen LogP contribution in [0.5, 0.6) is 0 Å².